The van der Waals surface area contributed by atoms with E-state index in [2.05, 4.69) is 5.32 Å². The van der Waals surface area contributed by atoms with E-state index in [1.807, 2.05) is 19.1 Å². The predicted molar refractivity (Wildman–Crippen MR) is 96.3 cm³/mol. The molecule has 0 fully saturated rings. The summed E-state index contributed by atoms with van der Waals surface area (Å²) < 4.78 is 5.35. The Morgan fingerprint density at radius 1 is 1.25 bits per heavy atom. The fourth-order valence-corrected chi connectivity index (χ4v) is 2.59. The molecule has 2 aromatic carbocycles. The van der Waals surface area contributed by atoms with Crippen LogP contribution in [0.2, 0.25) is 10.0 Å². The largest absolute Gasteiger partial charge is 0.491 e. The molecule has 0 atom stereocenters. The predicted octanol–water partition coefficient (Wildman–Crippen LogP) is 4.94. The molecule has 4 nitrogen and oxygen atoms in total. The van der Waals surface area contributed by atoms with Gasteiger partial charge in [-0.15, -0.1) is 0 Å². The van der Waals surface area contributed by atoms with E-state index >= 15 is 0 Å². The monoisotopic (exact) mass is 360 g/mol. The average Bonchev–Trinajstić information content (AvgIpc) is 2.56. The zero-order valence-corrected chi connectivity index (χ0v) is 14.4. The highest BCUT2D eigenvalue weighted by Gasteiger charge is 2.12. The maximum Gasteiger partial charge on any atom is 0.266 e. The van der Waals surface area contributed by atoms with Crippen LogP contribution in [0.4, 0.5) is 5.69 Å². The number of carbonyl (C=O) groups is 1. The Morgan fingerprint density at radius 3 is 2.42 bits per heavy atom. The number of amides is 1. The standard InChI is InChI=1S/C18H14Cl2N2O2/c1-2-24-17-15(19)9-12(10-16(17)20)8-13(11-21)18(23)22-14-6-4-3-5-7-14/h3-10H,2H2,1H3,(H,22,23)/b13-8-. The molecule has 0 radical (unpaired) electrons. The Hall–Kier alpha value is -2.48. The molecule has 24 heavy (non-hydrogen) atoms. The van der Waals surface area contributed by atoms with Crippen molar-refractivity contribution in [2.45, 2.75) is 6.92 Å². The van der Waals surface area contributed by atoms with Crippen LogP contribution in [0, 0.1) is 11.3 Å². The number of nitriles is 1. The number of hydrogen-bond donors (Lipinski definition) is 1. The van der Waals surface area contributed by atoms with Gasteiger partial charge in [0.05, 0.1) is 16.7 Å². The lowest BCUT2D eigenvalue weighted by molar-refractivity contribution is -0.112. The molecule has 6 heteroatoms. The van der Waals surface area contributed by atoms with Crippen molar-refractivity contribution in [3.63, 3.8) is 0 Å². The Kier molecular flexibility index (Phi) is 6.25. The van der Waals surface area contributed by atoms with Crippen LogP contribution in [0.3, 0.4) is 0 Å². The van der Waals surface area contributed by atoms with Crippen LogP contribution >= 0.6 is 23.2 Å². The summed E-state index contributed by atoms with van der Waals surface area (Å²) in [5.41, 5.74) is 1.08. The van der Waals surface area contributed by atoms with Crippen LogP contribution < -0.4 is 10.1 Å². The van der Waals surface area contributed by atoms with Gasteiger partial charge in [0.2, 0.25) is 0 Å². The van der Waals surface area contributed by atoms with Crippen LogP contribution in [-0.4, -0.2) is 12.5 Å². The number of nitrogens with one attached hydrogen (secondary N) is 1. The highest BCUT2D eigenvalue weighted by molar-refractivity contribution is 6.37. The van der Waals surface area contributed by atoms with Crippen molar-refractivity contribution < 1.29 is 9.53 Å². The van der Waals surface area contributed by atoms with E-state index < -0.39 is 5.91 Å². The third-order valence-electron chi connectivity index (χ3n) is 3.02. The van der Waals surface area contributed by atoms with E-state index in [4.69, 9.17) is 27.9 Å². The third-order valence-corrected chi connectivity index (χ3v) is 3.58. The quantitative estimate of drug-likeness (QED) is 0.606. The van der Waals surface area contributed by atoms with Crippen molar-refractivity contribution in [3.8, 4) is 11.8 Å². The van der Waals surface area contributed by atoms with Gasteiger partial charge in [0.25, 0.3) is 5.91 Å². The highest BCUT2D eigenvalue weighted by atomic mass is 35.5. The molecule has 0 saturated carbocycles. The fourth-order valence-electron chi connectivity index (χ4n) is 1.98. The number of hydrogen-bond acceptors (Lipinski definition) is 3. The number of nitrogens with zero attached hydrogens (tertiary/aromatic N) is 1. The number of benzene rings is 2. The van der Waals surface area contributed by atoms with Gasteiger partial charge >= 0.3 is 0 Å². The van der Waals surface area contributed by atoms with Crippen LogP contribution in [0.1, 0.15) is 12.5 Å². The van der Waals surface area contributed by atoms with Gasteiger partial charge in [0.1, 0.15) is 11.6 Å². The summed E-state index contributed by atoms with van der Waals surface area (Å²) in [5, 5.41) is 12.5. The van der Waals surface area contributed by atoms with Crippen molar-refractivity contribution in [3.05, 3.63) is 63.6 Å². The van der Waals surface area contributed by atoms with E-state index in [0.717, 1.165) is 0 Å². The first kappa shape index (κ1) is 17.9. The molecule has 0 aliphatic rings. The van der Waals surface area contributed by atoms with Crippen LogP contribution in [0.15, 0.2) is 48.0 Å². The first-order chi connectivity index (χ1) is 11.5. The second-order valence-electron chi connectivity index (χ2n) is 4.74. The smallest absolute Gasteiger partial charge is 0.266 e. The Morgan fingerprint density at radius 2 is 1.88 bits per heavy atom. The summed E-state index contributed by atoms with van der Waals surface area (Å²) in [4.78, 5) is 12.2. The Labute approximate surface area is 150 Å². The zero-order valence-electron chi connectivity index (χ0n) is 12.8. The molecule has 1 N–H and O–H groups in total. The number of anilines is 1. The highest BCUT2D eigenvalue weighted by Crippen LogP contribution is 2.34. The van der Waals surface area contributed by atoms with Crippen molar-refractivity contribution in [1.82, 2.24) is 0 Å². The maximum atomic E-state index is 12.2. The third kappa shape index (κ3) is 4.51. The lowest BCUT2D eigenvalue weighted by atomic mass is 10.1. The molecule has 0 spiro atoms. The lowest BCUT2D eigenvalue weighted by Crippen LogP contribution is -2.13. The van der Waals surface area contributed by atoms with Gasteiger partial charge < -0.3 is 10.1 Å². The van der Waals surface area contributed by atoms with Crippen molar-refractivity contribution in [2.24, 2.45) is 0 Å². The molecule has 0 unspecified atom stereocenters. The molecule has 2 aromatic rings. The molecule has 0 aromatic heterocycles. The molecule has 0 heterocycles. The van der Waals surface area contributed by atoms with E-state index in [9.17, 15) is 10.1 Å². The van der Waals surface area contributed by atoms with E-state index in [0.29, 0.717) is 33.7 Å². The van der Waals surface area contributed by atoms with Gasteiger partial charge in [-0.05, 0) is 42.8 Å². The van der Waals surface area contributed by atoms with Crippen molar-refractivity contribution in [2.75, 3.05) is 11.9 Å². The van der Waals surface area contributed by atoms with Gasteiger partial charge in [0.15, 0.2) is 5.75 Å². The summed E-state index contributed by atoms with van der Waals surface area (Å²) >= 11 is 12.3. The summed E-state index contributed by atoms with van der Waals surface area (Å²) in [6.45, 7) is 2.25. The maximum absolute atomic E-state index is 12.2. The van der Waals surface area contributed by atoms with Gasteiger partial charge in [-0.1, -0.05) is 41.4 Å². The van der Waals surface area contributed by atoms with Crippen molar-refractivity contribution in [1.29, 1.82) is 5.26 Å². The van der Waals surface area contributed by atoms with Crippen LogP contribution in [0.5, 0.6) is 5.75 Å². The first-order valence-corrected chi connectivity index (χ1v) is 7.90. The Balaban J connectivity index is 2.27. The Bertz CT molecular complexity index is 789. The molecule has 2 rings (SSSR count). The van der Waals surface area contributed by atoms with Gasteiger partial charge in [-0.3, -0.25) is 4.79 Å². The topological polar surface area (TPSA) is 62.1 Å². The zero-order chi connectivity index (χ0) is 17.5. The molecule has 0 aliphatic heterocycles. The minimum Gasteiger partial charge on any atom is -0.491 e. The molecular weight excluding hydrogens is 347 g/mol. The van der Waals surface area contributed by atoms with Gasteiger partial charge in [-0.2, -0.15) is 5.26 Å². The summed E-state index contributed by atoms with van der Waals surface area (Å²) in [5.74, 6) is -0.130. The minimum absolute atomic E-state index is 0.0600. The first-order valence-electron chi connectivity index (χ1n) is 7.15. The normalized spacial score (nSPS) is 10.8. The average molecular weight is 361 g/mol. The van der Waals surface area contributed by atoms with Gasteiger partial charge in [0, 0.05) is 5.69 Å². The second-order valence-corrected chi connectivity index (χ2v) is 5.55. The van der Waals surface area contributed by atoms with Crippen molar-refractivity contribution >= 4 is 40.9 Å². The fraction of sp³-hybridized carbons (Fsp3) is 0.111. The second kappa shape index (κ2) is 8.39. The molecule has 0 bridgehead atoms. The number of ether oxygens (including phenoxy) is 1. The molecule has 0 saturated heterocycles. The summed E-state index contributed by atoms with van der Waals surface area (Å²) in [6, 6.07) is 13.9. The molecule has 122 valence electrons. The van der Waals surface area contributed by atoms with E-state index in [1.165, 1.54) is 6.08 Å². The summed E-state index contributed by atoms with van der Waals surface area (Å²) in [6.07, 6.45) is 1.42. The lowest BCUT2D eigenvalue weighted by Gasteiger charge is -2.09. The number of carbonyl (C=O) groups excluding carboxylic acids is 1. The number of halogens is 2. The SMILES string of the molecule is CCOc1c(Cl)cc(/C=C(/C#N)C(=O)Nc2ccccc2)cc1Cl. The number of rotatable bonds is 5. The van der Waals surface area contributed by atoms with Gasteiger partial charge in [-0.25, -0.2) is 0 Å². The van der Waals surface area contributed by atoms with Crippen LogP contribution in [0.25, 0.3) is 6.08 Å². The van der Waals surface area contributed by atoms with Crippen LogP contribution in [-0.2, 0) is 4.79 Å². The molecule has 0 aliphatic carbocycles. The van der Waals surface area contributed by atoms with E-state index in [1.54, 1.807) is 36.4 Å². The number of para-hydroxylation sites is 1. The van der Waals surface area contributed by atoms with E-state index in [-0.39, 0.29) is 5.57 Å². The molecular formula is C18H14Cl2N2O2. The minimum atomic E-state index is -0.509. The summed E-state index contributed by atoms with van der Waals surface area (Å²) in [7, 11) is 0. The molecule has 1 amide bonds.